The lowest BCUT2D eigenvalue weighted by atomic mass is 9.87. The number of thioether (sulfide) groups is 1. The lowest BCUT2D eigenvalue weighted by molar-refractivity contribution is -0.137. The lowest BCUT2D eigenvalue weighted by Crippen LogP contribution is -2.46. The van der Waals surface area contributed by atoms with E-state index in [0.29, 0.717) is 5.75 Å². The number of imidazole rings is 1. The van der Waals surface area contributed by atoms with Crippen molar-refractivity contribution in [2.75, 3.05) is 37.8 Å². The minimum absolute atomic E-state index is 0.0317. The van der Waals surface area contributed by atoms with Crippen LogP contribution in [0.25, 0.3) is 11.2 Å². The second-order valence-corrected chi connectivity index (χ2v) is 19.9. The Morgan fingerprint density at radius 1 is 1.00 bits per heavy atom. The van der Waals surface area contributed by atoms with Gasteiger partial charge in [0.1, 0.15) is 36.3 Å². The number of aromatic nitrogens is 4. The molecule has 28 heteroatoms. The topological polar surface area (TPSA) is 364 Å². The number of allylic oxidation sites excluding steroid dienone is 1. The van der Waals surface area contributed by atoms with E-state index in [1.54, 1.807) is 0 Å². The number of nitrogens with one attached hydrogen (secondary N) is 2. The number of nitrogens with two attached hydrogens (primary N) is 1. The number of phosphoric ester groups is 3. The van der Waals surface area contributed by atoms with Crippen LogP contribution in [0, 0.1) is 5.41 Å². The molecule has 0 saturated carbocycles. The summed E-state index contributed by atoms with van der Waals surface area (Å²) in [5.74, 6) is -1.10. The van der Waals surface area contributed by atoms with E-state index in [0.717, 1.165) is 48.2 Å². The maximum Gasteiger partial charge on any atom is 0.481 e. The lowest BCUT2D eigenvalue weighted by Gasteiger charge is -2.30. The molecule has 2 amide bonds. The fraction of sp³-hybridized carbons (Fsp3) is 0.697. The van der Waals surface area contributed by atoms with Crippen LogP contribution in [0.1, 0.15) is 84.8 Å². The molecule has 1 aliphatic rings. The third kappa shape index (κ3) is 18.1. The molecule has 3 heterocycles. The van der Waals surface area contributed by atoms with E-state index in [-0.39, 0.29) is 41.6 Å². The molecule has 0 radical (unpaired) electrons. The van der Waals surface area contributed by atoms with Crippen LogP contribution in [0.4, 0.5) is 5.82 Å². The highest BCUT2D eigenvalue weighted by molar-refractivity contribution is 8.14. The summed E-state index contributed by atoms with van der Waals surface area (Å²) in [5.41, 5.74) is 4.27. The van der Waals surface area contributed by atoms with Gasteiger partial charge in [0.2, 0.25) is 16.9 Å². The smallest absolute Gasteiger partial charge is 0.386 e. The Bertz CT molecular complexity index is 1940. The van der Waals surface area contributed by atoms with Gasteiger partial charge in [-0.15, -0.1) is 0 Å². The van der Waals surface area contributed by atoms with E-state index in [4.69, 9.17) is 19.5 Å². The fourth-order valence-corrected chi connectivity index (χ4v) is 9.16. The van der Waals surface area contributed by atoms with Gasteiger partial charge in [-0.1, -0.05) is 77.1 Å². The number of rotatable bonds is 28. The minimum Gasteiger partial charge on any atom is -0.386 e. The Balaban J connectivity index is 1.40. The first-order valence-electron chi connectivity index (χ1n) is 19.3. The molecule has 61 heavy (non-hydrogen) atoms. The molecule has 0 aliphatic carbocycles. The number of carbonyl (C=O) groups excluding carboxylic acids is 3. The molecule has 0 spiro atoms. The first-order valence-corrected chi connectivity index (χ1v) is 24.8. The van der Waals surface area contributed by atoms with Gasteiger partial charge in [0, 0.05) is 30.7 Å². The van der Waals surface area contributed by atoms with E-state index in [1.165, 1.54) is 52.0 Å². The van der Waals surface area contributed by atoms with Gasteiger partial charge in [-0.3, -0.25) is 32.5 Å². The molecule has 3 rings (SSSR count). The Morgan fingerprint density at radius 2 is 1.67 bits per heavy atom. The molecule has 346 valence electrons. The van der Waals surface area contributed by atoms with Gasteiger partial charge < -0.3 is 50.9 Å². The van der Waals surface area contributed by atoms with Crippen LogP contribution in [0.3, 0.4) is 0 Å². The first-order chi connectivity index (χ1) is 28.6. The van der Waals surface area contributed by atoms with Crippen LogP contribution in [0.5, 0.6) is 0 Å². The maximum atomic E-state index is 12.7. The Hall–Kier alpha value is -2.70. The van der Waals surface area contributed by atoms with Crippen molar-refractivity contribution in [3.63, 3.8) is 0 Å². The summed E-state index contributed by atoms with van der Waals surface area (Å²) in [4.78, 5) is 87.9. The zero-order valence-electron chi connectivity index (χ0n) is 33.9. The average Bonchev–Trinajstić information content (AvgIpc) is 3.73. The van der Waals surface area contributed by atoms with E-state index in [1.807, 2.05) is 6.08 Å². The summed E-state index contributed by atoms with van der Waals surface area (Å²) < 4.78 is 62.3. The van der Waals surface area contributed by atoms with Crippen LogP contribution in [-0.4, -0.2) is 123 Å². The number of aliphatic hydroxyl groups excluding tert-OH is 2. The van der Waals surface area contributed by atoms with Gasteiger partial charge in [-0.2, -0.15) is 4.31 Å². The number of carbonyl (C=O) groups is 3. The Kier molecular flexibility index (Phi) is 21.0. The molecule has 1 aliphatic heterocycles. The predicted octanol–water partition coefficient (Wildman–Crippen LogP) is 2.36. The number of aliphatic hydroxyl groups is 2. The van der Waals surface area contributed by atoms with Crippen LogP contribution >= 0.6 is 35.2 Å². The standard InChI is InChI=1S/C33H56N7O17P3S/c1-4-5-6-7-8-9-10-11-12-13-24(42)61-17-16-35-23(41)14-15-36-31(45)28(44)33(2,3)19-54-60(51,52)57-59(49,50)53-18-22-27(56-58(46,47)48)26(43)32(55-22)40-21-39-25-29(34)37-20-38-30(25)40/h12-13,20-22,26-28,32,43-44H,4-11,14-19H2,1-3H3,(H,35,41)(H,36,45)(H,49,50)(H,51,52)(H2,34,37,38)(H2,46,47,48). The van der Waals surface area contributed by atoms with Gasteiger partial charge in [-0.05, 0) is 18.9 Å². The zero-order chi connectivity index (χ0) is 45.4. The second kappa shape index (κ2) is 24.4. The summed E-state index contributed by atoms with van der Waals surface area (Å²) in [6.45, 7) is 2.69. The van der Waals surface area contributed by atoms with Gasteiger partial charge in [-0.25, -0.2) is 28.6 Å². The van der Waals surface area contributed by atoms with Gasteiger partial charge in [0.25, 0.3) is 0 Å². The molecule has 0 aromatic carbocycles. The normalized spacial score (nSPS) is 21.0. The minimum atomic E-state index is -5.57. The molecular formula is C33H56N7O17P3S. The molecule has 2 aromatic rings. The predicted molar refractivity (Wildman–Crippen MR) is 219 cm³/mol. The monoisotopic (exact) mass is 947 g/mol. The summed E-state index contributed by atoms with van der Waals surface area (Å²) in [6.07, 6.45) is 5.64. The van der Waals surface area contributed by atoms with Gasteiger partial charge >= 0.3 is 23.5 Å². The highest BCUT2D eigenvalue weighted by atomic mass is 32.2. The highest BCUT2D eigenvalue weighted by Crippen LogP contribution is 2.61. The summed E-state index contributed by atoms with van der Waals surface area (Å²) in [7, 11) is -16.4. The van der Waals surface area contributed by atoms with Crippen molar-refractivity contribution in [1.29, 1.82) is 0 Å². The van der Waals surface area contributed by atoms with E-state index >= 15 is 0 Å². The van der Waals surface area contributed by atoms with Crippen molar-refractivity contribution < 1.29 is 80.5 Å². The number of unbranched alkanes of at least 4 members (excludes halogenated alkanes) is 7. The Morgan fingerprint density at radius 3 is 2.36 bits per heavy atom. The number of nitrogens with zero attached hydrogens (tertiary/aromatic N) is 4. The third-order valence-electron chi connectivity index (χ3n) is 8.97. The summed E-state index contributed by atoms with van der Waals surface area (Å²) in [5, 5.41) is 26.4. The number of ether oxygens (including phenoxy) is 1. The van der Waals surface area contributed by atoms with Crippen molar-refractivity contribution in [3.8, 4) is 0 Å². The average molecular weight is 948 g/mol. The number of hydrogen-bond donors (Lipinski definition) is 9. The molecule has 1 fully saturated rings. The fourth-order valence-electron chi connectivity index (χ4n) is 5.73. The number of anilines is 1. The van der Waals surface area contributed by atoms with Crippen LogP contribution in [0.2, 0.25) is 0 Å². The van der Waals surface area contributed by atoms with E-state index in [9.17, 15) is 57.9 Å². The van der Waals surface area contributed by atoms with Crippen LogP contribution in [0.15, 0.2) is 24.8 Å². The first kappa shape index (κ1) is 52.6. The maximum absolute atomic E-state index is 12.7. The molecule has 1 saturated heterocycles. The largest absolute Gasteiger partial charge is 0.481 e. The SMILES string of the molecule is CCCCCCCCCC=CC(=O)SCCNC(=O)CCNC(=O)C(O)C(C)(C)COP(=O)(O)OP(=O)(O)OCC1OC(n2cnc3c(N)ncnc32)C(O)C1OP(=O)(O)O. The molecule has 24 nitrogen and oxygen atoms in total. The van der Waals surface area contributed by atoms with Crippen molar-refractivity contribution in [1.82, 2.24) is 30.2 Å². The molecule has 10 N–H and O–H groups in total. The number of nitrogen functional groups attached to an aromatic ring is 1. The number of amides is 2. The molecule has 2 aromatic heterocycles. The van der Waals surface area contributed by atoms with Crippen molar-refractivity contribution in [3.05, 3.63) is 24.8 Å². The summed E-state index contributed by atoms with van der Waals surface area (Å²) in [6, 6.07) is 0. The zero-order valence-corrected chi connectivity index (χ0v) is 37.4. The van der Waals surface area contributed by atoms with Gasteiger partial charge in [0.05, 0.1) is 19.5 Å². The van der Waals surface area contributed by atoms with Gasteiger partial charge in [0.15, 0.2) is 17.7 Å². The molecule has 0 bridgehead atoms. The van der Waals surface area contributed by atoms with Crippen molar-refractivity contribution in [2.24, 2.45) is 5.41 Å². The third-order valence-corrected chi connectivity index (χ3v) is 12.9. The summed E-state index contributed by atoms with van der Waals surface area (Å²) >= 11 is 1.06. The quantitative estimate of drug-likeness (QED) is 0.0336. The van der Waals surface area contributed by atoms with E-state index in [2.05, 4.69) is 41.3 Å². The van der Waals surface area contributed by atoms with Crippen molar-refractivity contribution >= 4 is 69.1 Å². The van der Waals surface area contributed by atoms with Crippen molar-refractivity contribution in [2.45, 2.75) is 109 Å². The molecular weight excluding hydrogens is 891 g/mol. The number of phosphoric acid groups is 3. The number of hydrogen-bond acceptors (Lipinski definition) is 18. The second-order valence-electron chi connectivity index (χ2n) is 14.5. The Labute approximate surface area is 356 Å². The van der Waals surface area contributed by atoms with Crippen LogP contribution < -0.4 is 16.4 Å². The molecule has 7 unspecified atom stereocenters. The van der Waals surface area contributed by atoms with Crippen LogP contribution in [-0.2, 0) is 50.7 Å². The number of fused-ring (bicyclic) bond motifs is 1. The highest BCUT2D eigenvalue weighted by Gasteiger charge is 2.50. The van der Waals surface area contributed by atoms with E-state index < -0.39 is 84.6 Å². The molecule has 7 atom stereocenters.